The van der Waals surface area contributed by atoms with Crippen LogP contribution < -0.4 is 10.6 Å². The zero-order valence-electron chi connectivity index (χ0n) is 13.5. The van der Waals surface area contributed by atoms with E-state index >= 15 is 0 Å². The van der Waals surface area contributed by atoms with Gasteiger partial charge in [-0.25, -0.2) is 4.39 Å². The molecule has 2 aromatic carbocycles. The van der Waals surface area contributed by atoms with E-state index in [1.165, 1.54) is 18.2 Å². The first kappa shape index (κ1) is 17.9. The third-order valence-electron chi connectivity index (χ3n) is 3.80. The van der Waals surface area contributed by atoms with E-state index in [2.05, 4.69) is 24.5 Å². The Labute approximate surface area is 145 Å². The molecule has 1 atom stereocenters. The Morgan fingerprint density at radius 3 is 2.67 bits per heavy atom. The molecule has 0 spiro atoms. The average Bonchev–Trinajstić information content (AvgIpc) is 2.56. The maximum atomic E-state index is 13.6. The minimum absolute atomic E-state index is 0.0140. The van der Waals surface area contributed by atoms with Gasteiger partial charge in [0.25, 0.3) is 5.91 Å². The normalized spacial score (nSPS) is 11.6. The van der Waals surface area contributed by atoms with Gasteiger partial charge >= 0.3 is 0 Å². The second kappa shape index (κ2) is 7.88. The van der Waals surface area contributed by atoms with Crippen molar-refractivity contribution in [3.8, 4) is 5.75 Å². The van der Waals surface area contributed by atoms with Gasteiger partial charge in [0.05, 0.1) is 11.3 Å². The summed E-state index contributed by atoms with van der Waals surface area (Å²) >= 11 is 5.08. The molecule has 24 heavy (non-hydrogen) atoms. The van der Waals surface area contributed by atoms with Crippen LogP contribution in [0.1, 0.15) is 42.1 Å². The van der Waals surface area contributed by atoms with Crippen LogP contribution in [0.2, 0.25) is 0 Å². The summed E-state index contributed by atoms with van der Waals surface area (Å²) < 4.78 is 13.6. The molecule has 0 saturated heterocycles. The highest BCUT2D eigenvalue weighted by Gasteiger charge is 2.14. The number of rotatable bonds is 4. The van der Waals surface area contributed by atoms with Gasteiger partial charge in [0.15, 0.2) is 5.11 Å². The van der Waals surface area contributed by atoms with Crippen LogP contribution in [-0.2, 0) is 0 Å². The molecular weight excluding hydrogens is 327 g/mol. The molecule has 1 amide bonds. The van der Waals surface area contributed by atoms with E-state index in [9.17, 15) is 14.3 Å². The maximum absolute atomic E-state index is 13.6. The van der Waals surface area contributed by atoms with Crippen LogP contribution in [0.5, 0.6) is 5.75 Å². The first-order valence-corrected chi connectivity index (χ1v) is 8.03. The summed E-state index contributed by atoms with van der Waals surface area (Å²) in [5.74, 6) is -0.931. The van der Waals surface area contributed by atoms with Crippen LogP contribution in [0.3, 0.4) is 0 Å². The number of halogens is 1. The monoisotopic (exact) mass is 346 g/mol. The second-order valence-corrected chi connectivity index (χ2v) is 5.88. The number of anilines is 1. The van der Waals surface area contributed by atoms with Gasteiger partial charge in [-0.15, -0.1) is 0 Å². The van der Waals surface area contributed by atoms with E-state index in [1.807, 2.05) is 6.07 Å². The molecule has 0 heterocycles. The van der Waals surface area contributed by atoms with Crippen LogP contribution in [0.15, 0.2) is 42.5 Å². The van der Waals surface area contributed by atoms with Crippen molar-refractivity contribution in [2.75, 3.05) is 5.32 Å². The van der Waals surface area contributed by atoms with Crippen molar-refractivity contribution in [3.63, 3.8) is 0 Å². The molecule has 0 saturated carbocycles. The average molecular weight is 346 g/mol. The van der Waals surface area contributed by atoms with Crippen molar-refractivity contribution in [2.45, 2.75) is 26.2 Å². The summed E-state index contributed by atoms with van der Waals surface area (Å²) in [5.41, 5.74) is 1.34. The molecule has 0 fully saturated rings. The van der Waals surface area contributed by atoms with Crippen molar-refractivity contribution < 1.29 is 14.3 Å². The Bertz CT molecular complexity index is 764. The molecule has 2 aromatic rings. The van der Waals surface area contributed by atoms with Gasteiger partial charge in [-0.2, -0.15) is 0 Å². The van der Waals surface area contributed by atoms with Crippen LogP contribution >= 0.6 is 12.2 Å². The van der Waals surface area contributed by atoms with Crippen molar-refractivity contribution in [1.29, 1.82) is 0 Å². The lowest BCUT2D eigenvalue weighted by Crippen LogP contribution is -2.34. The van der Waals surface area contributed by atoms with Gasteiger partial charge in [-0.05, 0) is 54.4 Å². The van der Waals surface area contributed by atoms with E-state index in [0.29, 0.717) is 11.6 Å². The highest BCUT2D eigenvalue weighted by molar-refractivity contribution is 7.80. The molecule has 0 unspecified atom stereocenters. The number of aromatic hydroxyl groups is 1. The summed E-state index contributed by atoms with van der Waals surface area (Å²) in [6, 6.07) is 10.8. The fourth-order valence-corrected chi connectivity index (χ4v) is 2.37. The number of hydrogen-bond acceptors (Lipinski definition) is 3. The Kier molecular flexibility index (Phi) is 5.87. The Morgan fingerprint density at radius 1 is 1.29 bits per heavy atom. The minimum atomic E-state index is -0.650. The molecule has 0 bridgehead atoms. The van der Waals surface area contributed by atoms with Crippen molar-refractivity contribution in [3.05, 3.63) is 59.4 Å². The lowest BCUT2D eigenvalue weighted by atomic mass is 9.98. The van der Waals surface area contributed by atoms with Crippen LogP contribution in [0.4, 0.5) is 10.1 Å². The summed E-state index contributed by atoms with van der Waals surface area (Å²) in [6.07, 6.45) is 0.957. The predicted octanol–water partition coefficient (Wildman–Crippen LogP) is 4.17. The van der Waals surface area contributed by atoms with Gasteiger partial charge in [-0.3, -0.25) is 10.1 Å². The molecule has 2 rings (SSSR count). The third-order valence-corrected chi connectivity index (χ3v) is 4.00. The largest absolute Gasteiger partial charge is 0.506 e. The number of benzene rings is 2. The fourth-order valence-electron chi connectivity index (χ4n) is 2.17. The first-order valence-electron chi connectivity index (χ1n) is 7.62. The molecule has 126 valence electrons. The Hall–Kier alpha value is -2.47. The van der Waals surface area contributed by atoms with Gasteiger partial charge in [0.2, 0.25) is 0 Å². The van der Waals surface area contributed by atoms with E-state index in [-0.39, 0.29) is 16.4 Å². The molecule has 0 aliphatic heterocycles. The van der Waals surface area contributed by atoms with E-state index in [4.69, 9.17) is 12.2 Å². The number of nitrogens with one attached hydrogen (secondary N) is 2. The molecule has 0 aliphatic rings. The number of phenols is 1. The summed E-state index contributed by atoms with van der Waals surface area (Å²) in [7, 11) is 0. The molecule has 0 aliphatic carbocycles. The Morgan fingerprint density at radius 2 is 2.00 bits per heavy atom. The number of hydrogen-bond donors (Lipinski definition) is 3. The van der Waals surface area contributed by atoms with Crippen molar-refractivity contribution in [2.24, 2.45) is 0 Å². The molecule has 0 aromatic heterocycles. The maximum Gasteiger partial charge on any atom is 0.260 e. The number of carbonyl (C=O) groups is 1. The standard InChI is InChI=1S/C18H19FN2O2S/c1-3-11(2)12-8-9-16(22)15(10-12)20-18(24)21-17(23)13-6-4-5-7-14(13)19/h4-11,22H,3H2,1-2H3,(H2,20,21,23,24)/t11-/m1/s1. The molecule has 3 N–H and O–H groups in total. The highest BCUT2D eigenvalue weighted by atomic mass is 32.1. The Balaban J connectivity index is 2.10. The highest BCUT2D eigenvalue weighted by Crippen LogP contribution is 2.29. The zero-order chi connectivity index (χ0) is 17.7. The van der Waals surface area contributed by atoms with Crippen LogP contribution in [0.25, 0.3) is 0 Å². The first-order chi connectivity index (χ1) is 11.4. The van der Waals surface area contributed by atoms with Gasteiger partial charge in [0, 0.05) is 0 Å². The SMILES string of the molecule is CC[C@@H](C)c1ccc(O)c(NC(=S)NC(=O)c2ccccc2F)c1. The van der Waals surface area contributed by atoms with Crippen molar-refractivity contribution >= 4 is 28.9 Å². The molecule has 4 nitrogen and oxygen atoms in total. The molecule has 6 heteroatoms. The predicted molar refractivity (Wildman–Crippen MR) is 96.9 cm³/mol. The molecule has 0 radical (unpaired) electrons. The minimum Gasteiger partial charge on any atom is -0.506 e. The van der Waals surface area contributed by atoms with Crippen molar-refractivity contribution in [1.82, 2.24) is 5.32 Å². The lowest BCUT2D eigenvalue weighted by Gasteiger charge is -2.15. The molecular formula is C18H19FN2O2S. The lowest BCUT2D eigenvalue weighted by molar-refractivity contribution is 0.0974. The van der Waals surface area contributed by atoms with E-state index < -0.39 is 11.7 Å². The summed E-state index contributed by atoms with van der Waals surface area (Å²) in [6.45, 7) is 4.15. The quantitative estimate of drug-likeness (QED) is 0.574. The van der Waals surface area contributed by atoms with Crippen LogP contribution in [-0.4, -0.2) is 16.1 Å². The summed E-state index contributed by atoms with van der Waals surface area (Å²) in [4.78, 5) is 12.0. The van der Waals surface area contributed by atoms with Gasteiger partial charge in [-0.1, -0.05) is 32.0 Å². The summed E-state index contributed by atoms with van der Waals surface area (Å²) in [5, 5.41) is 15.1. The number of carbonyl (C=O) groups excluding carboxylic acids is 1. The number of phenolic OH excluding ortho intramolecular Hbond substituents is 1. The van der Waals surface area contributed by atoms with E-state index in [0.717, 1.165) is 12.0 Å². The van der Waals surface area contributed by atoms with E-state index in [1.54, 1.807) is 18.2 Å². The third kappa shape index (κ3) is 4.29. The number of thiocarbonyl (C=S) groups is 1. The smallest absolute Gasteiger partial charge is 0.260 e. The topological polar surface area (TPSA) is 61.4 Å². The van der Waals surface area contributed by atoms with Crippen LogP contribution in [0, 0.1) is 5.82 Å². The van der Waals surface area contributed by atoms with Gasteiger partial charge in [0.1, 0.15) is 11.6 Å². The fraction of sp³-hybridized carbons (Fsp3) is 0.222. The zero-order valence-corrected chi connectivity index (χ0v) is 14.3. The van der Waals surface area contributed by atoms with Gasteiger partial charge < -0.3 is 10.4 Å². The number of amides is 1. The second-order valence-electron chi connectivity index (χ2n) is 5.47.